The molecule has 0 saturated heterocycles. The zero-order valence-electron chi connectivity index (χ0n) is 11.7. The second-order valence-corrected chi connectivity index (χ2v) is 3.91. The van der Waals surface area contributed by atoms with E-state index in [2.05, 4.69) is 16.6 Å². The van der Waals surface area contributed by atoms with E-state index in [1.54, 1.807) is 0 Å². The Morgan fingerprint density at radius 2 is 1.90 bits per heavy atom. The number of rotatable bonds is 7. The molecule has 7 nitrogen and oxygen atoms in total. The van der Waals surface area contributed by atoms with Gasteiger partial charge in [-0.2, -0.15) is 0 Å². The quantitative estimate of drug-likeness (QED) is 0.502. The Morgan fingerprint density at radius 1 is 1.29 bits per heavy atom. The van der Waals surface area contributed by atoms with Gasteiger partial charge in [-0.15, -0.1) is 6.42 Å². The van der Waals surface area contributed by atoms with E-state index in [4.69, 9.17) is 15.9 Å². The minimum absolute atomic E-state index is 0.0302. The fraction of sp³-hybridized carbons (Fsp3) is 0.286. The van der Waals surface area contributed by atoms with Crippen LogP contribution in [0.1, 0.15) is 10.4 Å². The first-order valence-corrected chi connectivity index (χ1v) is 5.96. The molecule has 0 heterocycles. The third-order valence-electron chi connectivity index (χ3n) is 2.54. The van der Waals surface area contributed by atoms with Crippen LogP contribution in [-0.2, 0) is 4.79 Å². The van der Waals surface area contributed by atoms with Crippen molar-refractivity contribution >= 4 is 17.6 Å². The standard InChI is InChI=1S/C14H16N2O5/c1-4-5-15-8-13(17)16-10-7-12(21-3)11(20-2)6-9(10)14(18)19/h1,6-7,15H,5,8H2,2-3H3,(H,16,17)(H,18,19). The minimum Gasteiger partial charge on any atom is -0.493 e. The second kappa shape index (κ2) is 7.77. The van der Waals surface area contributed by atoms with Crippen molar-refractivity contribution in [3.63, 3.8) is 0 Å². The molecule has 0 spiro atoms. The Bertz CT molecular complexity index is 577. The molecule has 0 aromatic heterocycles. The van der Waals surface area contributed by atoms with Crippen molar-refractivity contribution in [2.75, 3.05) is 32.6 Å². The maximum atomic E-state index is 11.7. The van der Waals surface area contributed by atoms with Crippen molar-refractivity contribution in [1.29, 1.82) is 0 Å². The number of carbonyl (C=O) groups excluding carboxylic acids is 1. The van der Waals surface area contributed by atoms with E-state index < -0.39 is 11.9 Å². The van der Waals surface area contributed by atoms with Gasteiger partial charge in [-0.05, 0) is 0 Å². The van der Waals surface area contributed by atoms with Crippen LogP contribution in [-0.4, -0.2) is 44.3 Å². The van der Waals surface area contributed by atoms with Crippen LogP contribution in [0.4, 0.5) is 5.69 Å². The van der Waals surface area contributed by atoms with Crippen LogP contribution in [0.3, 0.4) is 0 Å². The minimum atomic E-state index is -1.19. The van der Waals surface area contributed by atoms with E-state index in [0.717, 1.165) is 0 Å². The first kappa shape index (κ1) is 16.3. The SMILES string of the molecule is C#CCNCC(=O)Nc1cc(OC)c(OC)cc1C(=O)O. The third kappa shape index (κ3) is 4.40. The average Bonchev–Trinajstić information content (AvgIpc) is 2.46. The van der Waals surface area contributed by atoms with Gasteiger partial charge < -0.3 is 19.9 Å². The Kier molecular flexibility index (Phi) is 6.04. The number of terminal acetylenes is 1. The van der Waals surface area contributed by atoms with Crippen LogP contribution in [0.15, 0.2) is 12.1 Å². The molecule has 3 N–H and O–H groups in total. The van der Waals surface area contributed by atoms with Gasteiger partial charge in [0.1, 0.15) is 0 Å². The highest BCUT2D eigenvalue weighted by Gasteiger charge is 2.17. The zero-order valence-corrected chi connectivity index (χ0v) is 11.7. The molecule has 0 saturated carbocycles. The Hall–Kier alpha value is -2.72. The molecule has 21 heavy (non-hydrogen) atoms. The van der Waals surface area contributed by atoms with E-state index in [1.807, 2.05) is 0 Å². The van der Waals surface area contributed by atoms with E-state index in [0.29, 0.717) is 5.75 Å². The van der Waals surface area contributed by atoms with Crippen molar-refractivity contribution in [3.8, 4) is 23.8 Å². The number of carboxylic acid groups (broad SMARTS) is 1. The van der Waals surface area contributed by atoms with Crippen molar-refractivity contribution in [1.82, 2.24) is 5.32 Å². The molecule has 0 atom stereocenters. The van der Waals surface area contributed by atoms with Crippen LogP contribution in [0, 0.1) is 12.3 Å². The summed E-state index contributed by atoms with van der Waals surface area (Å²) in [5, 5.41) is 14.4. The summed E-state index contributed by atoms with van der Waals surface area (Å²) in [6.07, 6.45) is 5.05. The summed E-state index contributed by atoms with van der Waals surface area (Å²) in [7, 11) is 2.81. The van der Waals surface area contributed by atoms with Gasteiger partial charge in [0.2, 0.25) is 5.91 Å². The Morgan fingerprint density at radius 3 is 2.43 bits per heavy atom. The molecule has 7 heteroatoms. The maximum Gasteiger partial charge on any atom is 0.337 e. The lowest BCUT2D eigenvalue weighted by molar-refractivity contribution is -0.115. The van der Waals surface area contributed by atoms with Crippen LogP contribution >= 0.6 is 0 Å². The highest BCUT2D eigenvalue weighted by molar-refractivity contribution is 6.02. The molecule has 1 aromatic rings. The molecular weight excluding hydrogens is 276 g/mol. The number of anilines is 1. The molecular formula is C14H16N2O5. The van der Waals surface area contributed by atoms with Crippen molar-refractivity contribution < 1.29 is 24.2 Å². The lowest BCUT2D eigenvalue weighted by atomic mass is 10.1. The van der Waals surface area contributed by atoms with Crippen LogP contribution in [0.25, 0.3) is 0 Å². The van der Waals surface area contributed by atoms with Gasteiger partial charge in [-0.1, -0.05) is 5.92 Å². The van der Waals surface area contributed by atoms with Gasteiger partial charge in [0, 0.05) is 12.1 Å². The normalized spacial score (nSPS) is 9.57. The number of hydrogen-bond donors (Lipinski definition) is 3. The first-order valence-electron chi connectivity index (χ1n) is 5.96. The van der Waals surface area contributed by atoms with Gasteiger partial charge in [0.25, 0.3) is 0 Å². The Balaban J connectivity index is 3.01. The molecule has 0 unspecified atom stereocenters. The van der Waals surface area contributed by atoms with E-state index >= 15 is 0 Å². The summed E-state index contributed by atoms with van der Waals surface area (Å²) in [5.74, 6) is 1.30. The summed E-state index contributed by atoms with van der Waals surface area (Å²) in [5.41, 5.74) is 0.0191. The van der Waals surface area contributed by atoms with Crippen LogP contribution in [0.5, 0.6) is 11.5 Å². The molecule has 0 aliphatic heterocycles. The van der Waals surface area contributed by atoms with Crippen molar-refractivity contribution in [3.05, 3.63) is 17.7 Å². The molecule has 112 valence electrons. The van der Waals surface area contributed by atoms with Gasteiger partial charge in [-0.25, -0.2) is 4.79 Å². The Labute approximate surface area is 122 Å². The van der Waals surface area contributed by atoms with Gasteiger partial charge in [-0.3, -0.25) is 10.1 Å². The van der Waals surface area contributed by atoms with Gasteiger partial charge >= 0.3 is 5.97 Å². The number of ether oxygens (including phenoxy) is 2. The number of carboxylic acids is 1. The maximum absolute atomic E-state index is 11.7. The zero-order chi connectivity index (χ0) is 15.8. The molecule has 1 aromatic carbocycles. The smallest absolute Gasteiger partial charge is 0.337 e. The second-order valence-electron chi connectivity index (χ2n) is 3.91. The summed E-state index contributed by atoms with van der Waals surface area (Å²) in [4.78, 5) is 23.0. The molecule has 1 amide bonds. The van der Waals surface area contributed by atoms with Gasteiger partial charge in [0.15, 0.2) is 11.5 Å². The number of hydrogen-bond acceptors (Lipinski definition) is 5. The average molecular weight is 292 g/mol. The molecule has 0 bridgehead atoms. The number of methoxy groups -OCH3 is 2. The summed E-state index contributed by atoms with van der Waals surface area (Å²) in [6.45, 7) is 0.211. The number of aromatic carboxylic acids is 1. The van der Waals surface area contributed by atoms with Crippen LogP contribution < -0.4 is 20.1 Å². The fourth-order valence-corrected chi connectivity index (χ4v) is 1.60. The first-order chi connectivity index (χ1) is 10.0. The van der Waals surface area contributed by atoms with Gasteiger partial charge in [0.05, 0.1) is 38.6 Å². The lowest BCUT2D eigenvalue weighted by Gasteiger charge is -2.13. The number of carbonyl (C=O) groups is 2. The number of benzene rings is 1. The largest absolute Gasteiger partial charge is 0.493 e. The molecule has 0 aliphatic carbocycles. The van der Waals surface area contributed by atoms with E-state index in [9.17, 15) is 14.7 Å². The summed E-state index contributed by atoms with van der Waals surface area (Å²) in [6, 6.07) is 2.67. The number of amides is 1. The highest BCUT2D eigenvalue weighted by atomic mass is 16.5. The number of nitrogens with one attached hydrogen (secondary N) is 2. The molecule has 1 rings (SSSR count). The summed E-state index contributed by atoms with van der Waals surface area (Å²) < 4.78 is 10.1. The predicted molar refractivity (Wildman–Crippen MR) is 76.8 cm³/mol. The lowest BCUT2D eigenvalue weighted by Crippen LogP contribution is -2.28. The van der Waals surface area contributed by atoms with E-state index in [-0.39, 0.29) is 30.1 Å². The molecule has 0 fully saturated rings. The topological polar surface area (TPSA) is 96.9 Å². The predicted octanol–water partition coefficient (Wildman–Crippen LogP) is 0.563. The van der Waals surface area contributed by atoms with Crippen molar-refractivity contribution in [2.24, 2.45) is 0 Å². The van der Waals surface area contributed by atoms with E-state index in [1.165, 1.54) is 26.4 Å². The van der Waals surface area contributed by atoms with Crippen LogP contribution in [0.2, 0.25) is 0 Å². The fourth-order valence-electron chi connectivity index (χ4n) is 1.60. The highest BCUT2D eigenvalue weighted by Crippen LogP contribution is 2.33. The third-order valence-corrected chi connectivity index (χ3v) is 2.54. The van der Waals surface area contributed by atoms with Crippen molar-refractivity contribution in [2.45, 2.75) is 0 Å². The summed E-state index contributed by atoms with van der Waals surface area (Å²) >= 11 is 0. The molecule has 0 radical (unpaired) electrons. The monoisotopic (exact) mass is 292 g/mol. The molecule has 0 aliphatic rings.